The Morgan fingerprint density at radius 3 is 3.04 bits per heavy atom. The second-order valence-corrected chi connectivity index (χ2v) is 7.45. The lowest BCUT2D eigenvalue weighted by molar-refractivity contribution is -0.00232. The van der Waals surface area contributed by atoms with Crippen molar-refractivity contribution in [2.45, 2.75) is 43.9 Å². The lowest BCUT2D eigenvalue weighted by Gasteiger charge is -2.28. The summed E-state index contributed by atoms with van der Waals surface area (Å²) >= 11 is 1.46. The van der Waals surface area contributed by atoms with Crippen molar-refractivity contribution in [3.8, 4) is 5.69 Å². The van der Waals surface area contributed by atoms with Crippen molar-refractivity contribution in [1.29, 1.82) is 0 Å². The largest absolute Gasteiger partial charge is 0.376 e. The molecule has 0 aliphatic heterocycles. The van der Waals surface area contributed by atoms with Crippen LogP contribution < -0.4 is 10.6 Å². The van der Waals surface area contributed by atoms with Crippen molar-refractivity contribution in [1.82, 2.24) is 25.5 Å². The van der Waals surface area contributed by atoms with E-state index in [1.165, 1.54) is 31.0 Å². The number of rotatable bonds is 7. The number of tetrazole rings is 1. The molecule has 27 heavy (non-hydrogen) atoms. The molecule has 1 heterocycles. The molecule has 1 fully saturated rings. The highest BCUT2D eigenvalue weighted by Crippen LogP contribution is 2.26. The molecule has 1 aliphatic rings. The number of carbonyl (C=O) groups is 1. The molecule has 2 aromatic rings. The van der Waals surface area contributed by atoms with Gasteiger partial charge in [0.2, 0.25) is 5.16 Å². The summed E-state index contributed by atoms with van der Waals surface area (Å²) in [6.45, 7) is 3.26. The number of nitrogens with one attached hydrogen (secondary N) is 2. The highest BCUT2D eigenvalue weighted by Gasteiger charge is 2.21. The van der Waals surface area contributed by atoms with E-state index < -0.39 is 0 Å². The molecule has 1 aromatic heterocycles. The molecular weight excluding hydrogens is 364 g/mol. The average molecular weight is 391 g/mol. The van der Waals surface area contributed by atoms with Crippen LogP contribution >= 0.6 is 11.8 Å². The summed E-state index contributed by atoms with van der Waals surface area (Å²) in [4.78, 5) is 12.1. The third-order valence-corrected chi connectivity index (χ3v) is 5.34. The quantitative estimate of drug-likeness (QED) is 0.557. The fraction of sp³-hybridized carbons (Fsp3) is 0.556. The van der Waals surface area contributed by atoms with Crippen LogP contribution in [-0.4, -0.2) is 51.7 Å². The van der Waals surface area contributed by atoms with E-state index in [0.717, 1.165) is 12.1 Å². The third-order valence-electron chi connectivity index (χ3n) is 4.72. The van der Waals surface area contributed by atoms with Gasteiger partial charge in [-0.05, 0) is 53.6 Å². The first-order chi connectivity index (χ1) is 13.2. The summed E-state index contributed by atoms with van der Waals surface area (Å²) in [5, 5.41) is 18.0. The van der Waals surface area contributed by atoms with Crippen LogP contribution in [0.15, 0.2) is 29.4 Å². The standard InChI is InChI=1S/C18H26N6O2S/c1-13-6-3-4-9-16(13)26-11-10-19-17(25)20-14-7-5-8-15(12-14)24-18(27-2)21-22-23-24/h5,7-8,12-13,16H,3-4,6,9-11H2,1-2H3,(H2,19,20,25). The number of nitrogens with zero attached hydrogens (tertiary/aromatic N) is 4. The van der Waals surface area contributed by atoms with Gasteiger partial charge in [0, 0.05) is 12.2 Å². The van der Waals surface area contributed by atoms with Crippen LogP contribution in [0.25, 0.3) is 5.69 Å². The highest BCUT2D eigenvalue weighted by atomic mass is 32.2. The molecule has 0 bridgehead atoms. The molecule has 2 atom stereocenters. The number of amides is 2. The van der Waals surface area contributed by atoms with Crippen LogP contribution in [0, 0.1) is 5.92 Å². The summed E-state index contributed by atoms with van der Waals surface area (Å²) in [7, 11) is 0. The molecule has 1 aliphatic carbocycles. The predicted octanol–water partition coefficient (Wildman–Crippen LogP) is 3.10. The first-order valence-electron chi connectivity index (χ1n) is 9.26. The minimum atomic E-state index is -0.255. The Balaban J connectivity index is 1.46. The maximum absolute atomic E-state index is 12.1. The van der Waals surface area contributed by atoms with Crippen LogP contribution in [0.3, 0.4) is 0 Å². The zero-order valence-corrected chi connectivity index (χ0v) is 16.5. The second-order valence-electron chi connectivity index (χ2n) is 6.68. The molecule has 0 saturated heterocycles. The van der Waals surface area contributed by atoms with Crippen LogP contribution in [0.2, 0.25) is 0 Å². The number of hydrogen-bond donors (Lipinski definition) is 2. The normalized spacial score (nSPS) is 19.6. The van der Waals surface area contributed by atoms with Gasteiger partial charge < -0.3 is 15.4 Å². The Kier molecular flexibility index (Phi) is 7.05. The van der Waals surface area contributed by atoms with E-state index in [4.69, 9.17) is 4.74 Å². The van der Waals surface area contributed by atoms with Crippen molar-refractivity contribution in [3.63, 3.8) is 0 Å². The number of ether oxygens (including phenoxy) is 1. The van der Waals surface area contributed by atoms with E-state index in [2.05, 4.69) is 33.1 Å². The van der Waals surface area contributed by atoms with Gasteiger partial charge in [-0.1, -0.05) is 37.6 Å². The lowest BCUT2D eigenvalue weighted by atomic mass is 9.88. The van der Waals surface area contributed by atoms with Gasteiger partial charge in [-0.15, -0.1) is 5.10 Å². The number of carbonyl (C=O) groups excluding carboxylic acids is 1. The van der Waals surface area contributed by atoms with Crippen molar-refractivity contribution in [2.75, 3.05) is 24.7 Å². The average Bonchev–Trinajstić information content (AvgIpc) is 3.15. The number of benzene rings is 1. The Hall–Kier alpha value is -2.13. The molecule has 2 N–H and O–H groups in total. The summed E-state index contributed by atoms with van der Waals surface area (Å²) in [5.41, 5.74) is 1.46. The molecule has 146 valence electrons. The second kappa shape index (κ2) is 9.70. The molecule has 3 rings (SSSR count). The van der Waals surface area contributed by atoms with Gasteiger partial charge in [0.25, 0.3) is 0 Å². The van der Waals surface area contributed by atoms with Gasteiger partial charge in [-0.2, -0.15) is 4.68 Å². The Labute approximate surface area is 163 Å². The minimum Gasteiger partial charge on any atom is -0.376 e. The smallest absolute Gasteiger partial charge is 0.319 e. The van der Waals surface area contributed by atoms with Crippen molar-refractivity contribution in [2.24, 2.45) is 5.92 Å². The maximum Gasteiger partial charge on any atom is 0.319 e. The van der Waals surface area contributed by atoms with E-state index in [0.29, 0.717) is 36.0 Å². The predicted molar refractivity (Wildman–Crippen MR) is 105 cm³/mol. The van der Waals surface area contributed by atoms with Gasteiger partial charge in [0.1, 0.15) is 0 Å². The van der Waals surface area contributed by atoms with Crippen LogP contribution in [0.4, 0.5) is 10.5 Å². The van der Waals surface area contributed by atoms with Gasteiger partial charge in [0.15, 0.2) is 0 Å². The fourth-order valence-corrected chi connectivity index (χ4v) is 3.70. The van der Waals surface area contributed by atoms with E-state index in [9.17, 15) is 4.79 Å². The van der Waals surface area contributed by atoms with Crippen LogP contribution in [-0.2, 0) is 4.74 Å². The molecule has 1 aromatic carbocycles. The molecule has 0 radical (unpaired) electrons. The first kappa shape index (κ1) is 19.6. The summed E-state index contributed by atoms with van der Waals surface area (Å²) in [5.74, 6) is 0.604. The number of aromatic nitrogens is 4. The topological polar surface area (TPSA) is 94.0 Å². The monoisotopic (exact) mass is 390 g/mol. The van der Waals surface area contributed by atoms with E-state index in [-0.39, 0.29) is 6.03 Å². The highest BCUT2D eigenvalue weighted by molar-refractivity contribution is 7.98. The molecule has 0 spiro atoms. The Bertz CT molecular complexity index is 753. The van der Waals surface area contributed by atoms with Crippen molar-refractivity contribution in [3.05, 3.63) is 24.3 Å². The molecule has 8 nitrogen and oxygen atoms in total. The zero-order chi connectivity index (χ0) is 19.1. The van der Waals surface area contributed by atoms with Crippen LogP contribution in [0.1, 0.15) is 32.6 Å². The van der Waals surface area contributed by atoms with E-state index in [1.54, 1.807) is 4.68 Å². The van der Waals surface area contributed by atoms with Crippen LogP contribution in [0.5, 0.6) is 0 Å². The lowest BCUT2D eigenvalue weighted by Crippen LogP contribution is -2.34. The van der Waals surface area contributed by atoms with Gasteiger partial charge in [-0.25, -0.2) is 4.79 Å². The summed E-state index contributed by atoms with van der Waals surface area (Å²) in [6.07, 6.45) is 7.11. The Morgan fingerprint density at radius 1 is 1.37 bits per heavy atom. The van der Waals surface area contributed by atoms with E-state index >= 15 is 0 Å². The number of thioether (sulfide) groups is 1. The maximum atomic E-state index is 12.1. The van der Waals surface area contributed by atoms with E-state index in [1.807, 2.05) is 30.5 Å². The SMILES string of the molecule is CSc1nnnn1-c1cccc(NC(=O)NCCOC2CCCCC2C)c1. The van der Waals surface area contributed by atoms with Gasteiger partial charge in [-0.3, -0.25) is 0 Å². The minimum absolute atomic E-state index is 0.255. The van der Waals surface area contributed by atoms with Crippen molar-refractivity contribution < 1.29 is 9.53 Å². The summed E-state index contributed by atoms with van der Waals surface area (Å²) < 4.78 is 7.55. The number of anilines is 1. The van der Waals surface area contributed by atoms with Gasteiger partial charge in [0.05, 0.1) is 18.4 Å². The van der Waals surface area contributed by atoms with Crippen molar-refractivity contribution >= 4 is 23.5 Å². The summed E-state index contributed by atoms with van der Waals surface area (Å²) in [6, 6.07) is 7.14. The fourth-order valence-electron chi connectivity index (χ4n) is 3.26. The molecule has 9 heteroatoms. The third kappa shape index (κ3) is 5.43. The van der Waals surface area contributed by atoms with Gasteiger partial charge >= 0.3 is 6.03 Å². The molecule has 2 unspecified atom stereocenters. The zero-order valence-electron chi connectivity index (χ0n) is 15.7. The molecular formula is C18H26N6O2S. The number of hydrogen-bond acceptors (Lipinski definition) is 6. The molecule has 2 amide bonds. The first-order valence-corrected chi connectivity index (χ1v) is 10.5. The molecule has 1 saturated carbocycles. The Morgan fingerprint density at radius 2 is 2.22 bits per heavy atom. The number of urea groups is 1.